The van der Waals surface area contributed by atoms with E-state index in [9.17, 15) is 4.79 Å². The van der Waals surface area contributed by atoms with E-state index in [1.54, 1.807) is 11.0 Å². The number of anilines is 1. The molecule has 1 aliphatic heterocycles. The summed E-state index contributed by atoms with van der Waals surface area (Å²) in [5.74, 6) is 1.38. The zero-order valence-corrected chi connectivity index (χ0v) is 14.2. The number of nitrogens with zero attached hydrogens (tertiary/aromatic N) is 1. The predicted molar refractivity (Wildman–Crippen MR) is 95.0 cm³/mol. The van der Waals surface area contributed by atoms with Gasteiger partial charge in [0.1, 0.15) is 11.5 Å². The molecule has 2 heterocycles. The van der Waals surface area contributed by atoms with Crippen LogP contribution in [0.4, 0.5) is 5.69 Å². The third kappa shape index (κ3) is 2.74. The Hall–Kier alpha value is -1.85. The molecule has 3 nitrogen and oxygen atoms in total. The molecule has 2 aromatic rings. The van der Waals surface area contributed by atoms with E-state index in [2.05, 4.69) is 0 Å². The van der Waals surface area contributed by atoms with Crippen molar-refractivity contribution in [2.24, 2.45) is 0 Å². The van der Waals surface area contributed by atoms with Gasteiger partial charge in [0.25, 0.3) is 5.91 Å². The summed E-state index contributed by atoms with van der Waals surface area (Å²) >= 11 is 6.70. The number of carbonyl (C=O) groups is 1. The van der Waals surface area contributed by atoms with Gasteiger partial charge in [-0.15, -0.1) is 0 Å². The minimum absolute atomic E-state index is 0.0993. The Kier molecular flexibility index (Phi) is 3.93. The van der Waals surface area contributed by atoms with Crippen LogP contribution in [0.2, 0.25) is 0 Å². The van der Waals surface area contributed by atoms with E-state index >= 15 is 0 Å². The highest BCUT2D eigenvalue weighted by Crippen LogP contribution is 2.37. The molecule has 1 aromatic carbocycles. The summed E-state index contributed by atoms with van der Waals surface area (Å²) in [6.45, 7) is 5.85. The Morgan fingerprint density at radius 1 is 1.18 bits per heavy atom. The summed E-state index contributed by atoms with van der Waals surface area (Å²) in [6, 6.07) is 9.73. The smallest absolute Gasteiger partial charge is 0.270 e. The number of hydrogen-bond acceptors (Lipinski definition) is 4. The summed E-state index contributed by atoms with van der Waals surface area (Å²) in [5, 5.41) is 0. The molecule has 0 N–H and O–H groups in total. The minimum Gasteiger partial charge on any atom is -0.462 e. The zero-order chi connectivity index (χ0) is 15.9. The van der Waals surface area contributed by atoms with Crippen molar-refractivity contribution in [1.82, 2.24) is 0 Å². The number of rotatable bonds is 2. The highest BCUT2D eigenvalue weighted by atomic mass is 32.2. The fourth-order valence-electron chi connectivity index (χ4n) is 2.30. The number of hydrogen-bond donors (Lipinski definition) is 0. The summed E-state index contributed by atoms with van der Waals surface area (Å²) in [4.78, 5) is 14.9. The molecule has 1 aliphatic rings. The van der Waals surface area contributed by atoms with E-state index in [-0.39, 0.29) is 5.91 Å². The molecular weight excluding hydrogens is 314 g/mol. The van der Waals surface area contributed by atoms with Crippen molar-refractivity contribution >= 4 is 46.0 Å². The Bertz CT molecular complexity index is 805. The molecule has 0 radical (unpaired) electrons. The van der Waals surface area contributed by atoms with Crippen LogP contribution in [0.15, 0.2) is 39.7 Å². The first-order valence-corrected chi connectivity index (χ1v) is 8.10. The third-order valence-corrected chi connectivity index (χ3v) is 4.74. The maximum Gasteiger partial charge on any atom is 0.270 e. The molecular formula is C17H15NO2S2. The lowest BCUT2D eigenvalue weighted by Gasteiger charge is -2.17. The monoisotopic (exact) mass is 329 g/mol. The lowest BCUT2D eigenvalue weighted by molar-refractivity contribution is -0.113. The fraction of sp³-hybridized carbons (Fsp3) is 0.176. The van der Waals surface area contributed by atoms with Crippen molar-refractivity contribution in [2.75, 3.05) is 4.90 Å². The number of thiocarbonyl (C=S) groups is 1. The maximum absolute atomic E-state index is 12.7. The molecule has 0 aliphatic carbocycles. The van der Waals surface area contributed by atoms with Crippen molar-refractivity contribution in [3.63, 3.8) is 0 Å². The van der Waals surface area contributed by atoms with Crippen LogP contribution in [-0.4, -0.2) is 10.2 Å². The first-order chi connectivity index (χ1) is 10.5. The first-order valence-electron chi connectivity index (χ1n) is 6.87. The second-order valence-electron chi connectivity index (χ2n) is 5.26. The van der Waals surface area contributed by atoms with Gasteiger partial charge in [-0.1, -0.05) is 36.1 Å². The number of furan rings is 1. The summed E-state index contributed by atoms with van der Waals surface area (Å²) in [6.07, 6.45) is 1.75. The van der Waals surface area contributed by atoms with Crippen molar-refractivity contribution in [2.45, 2.75) is 20.8 Å². The Balaban J connectivity index is 1.98. The highest BCUT2D eigenvalue weighted by Gasteiger charge is 2.34. The van der Waals surface area contributed by atoms with Crippen molar-refractivity contribution in [3.8, 4) is 0 Å². The molecule has 5 heteroatoms. The van der Waals surface area contributed by atoms with Gasteiger partial charge in [0, 0.05) is 6.08 Å². The quantitative estimate of drug-likeness (QED) is 0.595. The van der Waals surface area contributed by atoms with E-state index in [1.165, 1.54) is 11.8 Å². The van der Waals surface area contributed by atoms with Crippen LogP contribution < -0.4 is 4.90 Å². The number of amides is 1. The second-order valence-corrected chi connectivity index (χ2v) is 6.93. The second kappa shape index (κ2) is 5.74. The van der Waals surface area contributed by atoms with E-state index in [0.717, 1.165) is 22.6 Å². The molecule has 0 unspecified atom stereocenters. The van der Waals surface area contributed by atoms with Crippen LogP contribution in [0.1, 0.15) is 22.6 Å². The summed E-state index contributed by atoms with van der Waals surface area (Å²) in [5.41, 5.74) is 2.97. The Morgan fingerprint density at radius 3 is 2.64 bits per heavy atom. The van der Waals surface area contributed by atoms with Crippen molar-refractivity contribution in [1.29, 1.82) is 0 Å². The molecule has 3 rings (SSSR count). The van der Waals surface area contributed by atoms with Crippen LogP contribution in [-0.2, 0) is 4.79 Å². The molecule has 1 aromatic heterocycles. The highest BCUT2D eigenvalue weighted by molar-refractivity contribution is 8.27. The van der Waals surface area contributed by atoms with Gasteiger partial charge in [0.2, 0.25) is 0 Å². The maximum atomic E-state index is 12.7. The van der Waals surface area contributed by atoms with E-state index in [1.807, 2.05) is 51.1 Å². The number of thioether (sulfide) groups is 1. The Labute approximate surface area is 139 Å². The van der Waals surface area contributed by atoms with E-state index in [4.69, 9.17) is 16.6 Å². The SMILES string of the molecule is Cc1ccc(C)c(N2C(=O)/C(=C\c3ccc(C)o3)SC2=S)c1. The lowest BCUT2D eigenvalue weighted by Crippen LogP contribution is -2.28. The van der Waals surface area contributed by atoms with E-state index < -0.39 is 0 Å². The van der Waals surface area contributed by atoms with Gasteiger partial charge in [-0.05, 0) is 50.1 Å². The van der Waals surface area contributed by atoms with Gasteiger partial charge in [-0.25, -0.2) is 0 Å². The largest absolute Gasteiger partial charge is 0.462 e. The molecule has 0 saturated carbocycles. The van der Waals surface area contributed by atoms with Gasteiger partial charge >= 0.3 is 0 Å². The fourth-order valence-corrected chi connectivity index (χ4v) is 3.56. The molecule has 0 bridgehead atoms. The molecule has 1 fully saturated rings. The normalized spacial score (nSPS) is 16.9. The van der Waals surface area contributed by atoms with Crippen LogP contribution in [0.5, 0.6) is 0 Å². The molecule has 112 valence electrons. The van der Waals surface area contributed by atoms with Crippen molar-refractivity contribution < 1.29 is 9.21 Å². The van der Waals surface area contributed by atoms with Gasteiger partial charge in [0.05, 0.1) is 10.6 Å². The molecule has 1 saturated heterocycles. The van der Waals surface area contributed by atoms with Crippen LogP contribution in [0, 0.1) is 20.8 Å². The topological polar surface area (TPSA) is 33.5 Å². The van der Waals surface area contributed by atoms with Gasteiger partial charge in [-0.2, -0.15) is 0 Å². The van der Waals surface area contributed by atoms with Gasteiger partial charge in [-0.3, -0.25) is 9.69 Å². The minimum atomic E-state index is -0.0993. The van der Waals surface area contributed by atoms with Crippen molar-refractivity contribution in [3.05, 3.63) is 57.9 Å². The summed E-state index contributed by atoms with van der Waals surface area (Å²) in [7, 11) is 0. The summed E-state index contributed by atoms with van der Waals surface area (Å²) < 4.78 is 6.06. The van der Waals surface area contributed by atoms with Crippen LogP contribution in [0.25, 0.3) is 6.08 Å². The number of carbonyl (C=O) groups excluding carboxylic acids is 1. The number of benzene rings is 1. The van der Waals surface area contributed by atoms with Gasteiger partial charge < -0.3 is 4.42 Å². The molecule has 0 spiro atoms. The zero-order valence-electron chi connectivity index (χ0n) is 12.5. The predicted octanol–water partition coefficient (Wildman–Crippen LogP) is 4.61. The van der Waals surface area contributed by atoms with Crippen LogP contribution in [0.3, 0.4) is 0 Å². The molecule has 0 atom stereocenters. The average molecular weight is 329 g/mol. The van der Waals surface area contributed by atoms with Gasteiger partial charge in [0.15, 0.2) is 4.32 Å². The standard InChI is InChI=1S/C17H15NO2S2/c1-10-4-5-11(2)14(8-10)18-16(19)15(22-17(18)21)9-13-7-6-12(3)20-13/h4-9H,1-3H3/b15-9+. The van der Waals surface area contributed by atoms with Crippen LogP contribution >= 0.6 is 24.0 Å². The molecule has 1 amide bonds. The lowest BCUT2D eigenvalue weighted by atomic mass is 10.1. The molecule has 22 heavy (non-hydrogen) atoms. The van der Waals surface area contributed by atoms with E-state index in [0.29, 0.717) is 15.0 Å². The number of aryl methyl sites for hydroxylation is 3. The third-order valence-electron chi connectivity index (χ3n) is 3.43. The first kappa shape index (κ1) is 15.1. The average Bonchev–Trinajstić information content (AvgIpc) is 2.98. The Morgan fingerprint density at radius 2 is 1.95 bits per heavy atom.